The van der Waals surface area contributed by atoms with Crippen molar-refractivity contribution in [2.45, 2.75) is 51.4 Å². The second kappa shape index (κ2) is 17.8. The fourth-order valence-electron chi connectivity index (χ4n) is 7.32. The first-order chi connectivity index (χ1) is 27.4. The third kappa shape index (κ3) is 12.0. The van der Waals surface area contributed by atoms with Crippen molar-refractivity contribution in [2.75, 3.05) is 54.1 Å². The summed E-state index contributed by atoms with van der Waals surface area (Å²) in [4.78, 5) is 40.6. The lowest BCUT2D eigenvalue weighted by Gasteiger charge is -2.27. The molecule has 4 rings (SSSR count). The maximum atomic E-state index is 13.8. The summed E-state index contributed by atoms with van der Waals surface area (Å²) in [6.45, 7) is 6.03. The van der Waals surface area contributed by atoms with E-state index in [1.54, 1.807) is 47.6 Å². The summed E-state index contributed by atoms with van der Waals surface area (Å²) < 4.78 is 131. The molecule has 330 valence electrons. The van der Waals surface area contributed by atoms with Crippen LogP contribution in [0.2, 0.25) is 0 Å². The highest BCUT2D eigenvalue weighted by molar-refractivity contribution is 7.86. The second-order valence-corrected chi connectivity index (χ2v) is 21.5. The van der Waals surface area contributed by atoms with E-state index in [9.17, 15) is 66.8 Å². The third-order valence-electron chi connectivity index (χ3n) is 9.98. The molecule has 0 aliphatic carbocycles. The summed E-state index contributed by atoms with van der Waals surface area (Å²) in [5, 5.41) is 14.4. The summed E-state index contributed by atoms with van der Waals surface area (Å²) in [5.74, 6) is -5.81. The zero-order chi connectivity index (χ0) is 45.2. The third-order valence-corrected chi connectivity index (χ3v) is 13.0. The van der Waals surface area contributed by atoms with E-state index in [-0.39, 0.29) is 48.3 Å². The zero-order valence-corrected chi connectivity index (χ0v) is 36.2. The van der Waals surface area contributed by atoms with Gasteiger partial charge in [0, 0.05) is 77.3 Å². The summed E-state index contributed by atoms with van der Waals surface area (Å²) in [6, 6.07) is 7.07. The van der Waals surface area contributed by atoms with Gasteiger partial charge in [0.1, 0.15) is 6.54 Å². The number of aromatic carboxylic acids is 1. The number of rotatable bonds is 19. The molecule has 0 fully saturated rings. The Hall–Kier alpha value is -4.56. The summed E-state index contributed by atoms with van der Waals surface area (Å²) in [7, 11) is -17.7. The molecule has 2 aromatic carbocycles. The quantitative estimate of drug-likeness (QED) is 0.0780. The van der Waals surface area contributed by atoms with Crippen LogP contribution >= 0.6 is 0 Å². The number of carboxylic acid groups (broad SMARTS) is 1. The van der Waals surface area contributed by atoms with Crippen LogP contribution in [-0.2, 0) is 51.3 Å². The van der Waals surface area contributed by atoms with Gasteiger partial charge in [0.25, 0.3) is 52.3 Å². The van der Waals surface area contributed by atoms with Crippen molar-refractivity contribution in [1.29, 1.82) is 0 Å². The molecule has 60 heavy (non-hydrogen) atoms. The van der Waals surface area contributed by atoms with E-state index in [0.717, 1.165) is 0 Å². The number of carboxylic acids is 1. The maximum Gasteiger partial charge on any atom is 0.335 e. The number of amides is 2. The lowest BCUT2D eigenvalue weighted by molar-refractivity contribution is -0.437. The van der Waals surface area contributed by atoms with E-state index in [2.05, 4.69) is 10.6 Å². The molecule has 24 heteroatoms. The Morgan fingerprint density at radius 1 is 0.717 bits per heavy atom. The first-order valence-electron chi connectivity index (χ1n) is 18.2. The van der Waals surface area contributed by atoms with Gasteiger partial charge in [-0.05, 0) is 50.6 Å². The van der Waals surface area contributed by atoms with Gasteiger partial charge in [0.15, 0.2) is 5.71 Å². The molecule has 0 unspecified atom stereocenters. The Kier molecular flexibility index (Phi) is 14.3. The van der Waals surface area contributed by atoms with Gasteiger partial charge in [-0.15, -0.1) is 0 Å². The molecular weight excluding hydrogens is 873 g/mol. The van der Waals surface area contributed by atoms with Crippen molar-refractivity contribution in [3.8, 4) is 0 Å². The molecule has 0 saturated carbocycles. The molecule has 2 heterocycles. The van der Waals surface area contributed by atoms with Crippen molar-refractivity contribution < 1.29 is 75.9 Å². The first kappa shape index (κ1) is 48.1. The standard InChI is InChI=1S/C36H46N4O16S4/c1-35(2)26-21-23(34(43)44)10-11-27(26)39(14-6-16-57(45,46)47)29(35)8-5-9-30-36(3,4)31-25(33(42)38-13-19-60(54,55)56)20-24(32(41)37-12-18-59(51,52)53)22-28(31)40(30)15-7-17-58(48,49)50/h5,8-11,20-22H,6-7,12-19H2,1-4H3,(H6-,37,38,41,42,43,44,45,46,47,48,49,50,51,52,53,54,55,56)/p+1. The molecule has 7 N–H and O–H groups in total. The van der Waals surface area contributed by atoms with Crippen molar-refractivity contribution in [1.82, 2.24) is 10.6 Å². The number of nitrogens with one attached hydrogen (secondary N) is 2. The number of hydrogen-bond donors (Lipinski definition) is 7. The van der Waals surface area contributed by atoms with Gasteiger partial charge in [-0.1, -0.05) is 19.9 Å². The largest absolute Gasteiger partial charge is 0.478 e. The lowest BCUT2D eigenvalue weighted by atomic mass is 9.79. The number of fused-ring (bicyclic) bond motifs is 2. The molecule has 0 atom stereocenters. The number of nitrogens with zero attached hydrogens (tertiary/aromatic N) is 2. The van der Waals surface area contributed by atoms with Crippen LogP contribution < -0.4 is 15.5 Å². The van der Waals surface area contributed by atoms with Crippen molar-refractivity contribution in [2.24, 2.45) is 0 Å². The molecule has 2 aliphatic heterocycles. The van der Waals surface area contributed by atoms with E-state index in [1.807, 2.05) is 13.8 Å². The predicted molar refractivity (Wildman–Crippen MR) is 220 cm³/mol. The van der Waals surface area contributed by atoms with Gasteiger partial charge in [-0.2, -0.15) is 38.2 Å². The molecule has 2 aliphatic rings. The van der Waals surface area contributed by atoms with Crippen LogP contribution in [-0.4, -0.2) is 134 Å². The van der Waals surface area contributed by atoms with Crippen molar-refractivity contribution in [3.63, 3.8) is 0 Å². The Morgan fingerprint density at radius 2 is 1.27 bits per heavy atom. The predicted octanol–water partition coefficient (Wildman–Crippen LogP) is 1.79. The molecule has 20 nitrogen and oxygen atoms in total. The van der Waals surface area contributed by atoms with Crippen LogP contribution in [0.25, 0.3) is 0 Å². The van der Waals surface area contributed by atoms with E-state index in [1.165, 1.54) is 24.3 Å². The average Bonchev–Trinajstić information content (AvgIpc) is 3.43. The van der Waals surface area contributed by atoms with Crippen LogP contribution in [0.3, 0.4) is 0 Å². The fourth-order valence-corrected chi connectivity index (χ4v) is 9.02. The number of carbonyl (C=O) groups is 3. The smallest absolute Gasteiger partial charge is 0.335 e. The average molecular weight is 920 g/mol. The van der Waals surface area contributed by atoms with Gasteiger partial charge in [-0.3, -0.25) is 27.8 Å². The zero-order valence-electron chi connectivity index (χ0n) is 32.9. The highest BCUT2D eigenvalue weighted by Crippen LogP contribution is 2.50. The first-order valence-corrected chi connectivity index (χ1v) is 24.6. The minimum atomic E-state index is -4.50. The van der Waals surface area contributed by atoms with Crippen LogP contribution in [0.4, 0.5) is 11.4 Å². The highest BCUT2D eigenvalue weighted by Gasteiger charge is 2.46. The SMILES string of the molecule is CC1(C)C(/C=C/C=C2/N(CCCS(=O)(=O)O)c3cc(C(=O)NCCS(=O)(=O)O)cc(C(=O)NCCS(=O)(=O)O)c3C2(C)C)=[N+](CCCS(=O)(=O)O)c2ccc(C(=O)O)cc21. The summed E-state index contributed by atoms with van der Waals surface area (Å²) >= 11 is 0. The fraction of sp³-hybridized carbons (Fsp3) is 0.444. The Labute approximate surface area is 348 Å². The Bertz CT molecular complexity index is 2630. The van der Waals surface area contributed by atoms with Gasteiger partial charge >= 0.3 is 5.97 Å². The molecule has 0 bridgehead atoms. The second-order valence-electron chi connectivity index (χ2n) is 15.2. The van der Waals surface area contributed by atoms with Crippen LogP contribution in [0, 0.1) is 0 Å². The number of anilines is 1. The van der Waals surface area contributed by atoms with Gasteiger partial charge < -0.3 is 20.6 Å². The monoisotopic (exact) mass is 919 g/mol. The van der Waals surface area contributed by atoms with Gasteiger partial charge in [-0.25, -0.2) is 4.79 Å². The number of hydrogen-bond acceptors (Lipinski definition) is 12. The molecule has 0 spiro atoms. The number of allylic oxidation sites excluding steroid dienone is 4. The number of carbonyl (C=O) groups excluding carboxylic acids is 2. The lowest BCUT2D eigenvalue weighted by Crippen LogP contribution is -2.32. The molecule has 2 aromatic rings. The number of benzene rings is 2. The van der Waals surface area contributed by atoms with E-state index in [0.29, 0.717) is 28.2 Å². The van der Waals surface area contributed by atoms with Crippen molar-refractivity contribution >= 4 is 75.3 Å². The van der Waals surface area contributed by atoms with Crippen molar-refractivity contribution in [3.05, 3.63) is 82.1 Å². The van der Waals surface area contributed by atoms with Crippen LogP contribution in [0.5, 0.6) is 0 Å². The minimum Gasteiger partial charge on any atom is -0.478 e. The van der Waals surface area contributed by atoms with Crippen LogP contribution in [0.1, 0.15) is 82.7 Å². The Balaban J connectivity index is 1.90. The Morgan fingerprint density at radius 3 is 1.82 bits per heavy atom. The molecule has 0 radical (unpaired) electrons. The maximum absolute atomic E-state index is 13.8. The van der Waals surface area contributed by atoms with Gasteiger partial charge in [0.05, 0.1) is 34.0 Å². The van der Waals surface area contributed by atoms with Crippen LogP contribution in [0.15, 0.2) is 54.3 Å². The van der Waals surface area contributed by atoms with E-state index >= 15 is 0 Å². The molecule has 0 saturated heterocycles. The van der Waals surface area contributed by atoms with Gasteiger partial charge in [0.2, 0.25) is 5.69 Å². The normalized spacial score (nSPS) is 16.9. The van der Waals surface area contributed by atoms with E-state index < -0.39 is 105 Å². The summed E-state index contributed by atoms with van der Waals surface area (Å²) in [5.41, 5.74) is 0.436. The summed E-state index contributed by atoms with van der Waals surface area (Å²) in [6.07, 6.45) is 4.81. The topological polar surface area (TPSA) is 319 Å². The molecule has 0 aromatic heterocycles. The van der Waals surface area contributed by atoms with E-state index in [4.69, 9.17) is 4.55 Å². The molecule has 2 amide bonds. The molecular formula is C36H47N4O16S4+. The minimum absolute atomic E-state index is 0.00184. The highest BCUT2D eigenvalue weighted by atomic mass is 32.2.